The van der Waals surface area contributed by atoms with Gasteiger partial charge in [0.2, 0.25) is 10.0 Å². The smallest absolute Gasteiger partial charge is 0.243 e. The number of sulfonamides is 1. The number of hydrogen-bond acceptors (Lipinski definition) is 5. The Labute approximate surface area is 127 Å². The summed E-state index contributed by atoms with van der Waals surface area (Å²) in [4.78, 5) is 2.09. The van der Waals surface area contributed by atoms with Gasteiger partial charge >= 0.3 is 0 Å². The topological polar surface area (TPSA) is 87.5 Å². The van der Waals surface area contributed by atoms with Crippen LogP contribution in [0.15, 0.2) is 17.3 Å². The molecule has 1 atom stereocenters. The molecule has 0 aromatic carbocycles. The van der Waals surface area contributed by atoms with Crippen molar-refractivity contribution in [2.45, 2.75) is 37.8 Å². The Kier molecular flexibility index (Phi) is 6.79. The number of nitrogens with one attached hydrogen (secondary N) is 1. The average molecular weight is 318 g/mol. The summed E-state index contributed by atoms with van der Waals surface area (Å²) in [5.74, 6) is 0.398. The van der Waals surface area contributed by atoms with Gasteiger partial charge in [-0.1, -0.05) is 13.8 Å². The summed E-state index contributed by atoms with van der Waals surface area (Å²) < 4.78 is 28.9. The second-order valence-corrected chi connectivity index (χ2v) is 7.59. The Bertz CT molecular complexity index is 515. The van der Waals surface area contributed by atoms with Crippen LogP contribution in [0.3, 0.4) is 0 Å². The fourth-order valence-electron chi connectivity index (χ4n) is 2.17. The molecule has 1 aromatic heterocycles. The van der Waals surface area contributed by atoms with Gasteiger partial charge in [0.05, 0.1) is 19.3 Å². The van der Waals surface area contributed by atoms with Gasteiger partial charge in [0.25, 0.3) is 0 Å². The van der Waals surface area contributed by atoms with Crippen LogP contribution in [-0.4, -0.2) is 61.5 Å². The van der Waals surface area contributed by atoms with Crippen LogP contribution in [0.2, 0.25) is 0 Å². The molecule has 21 heavy (non-hydrogen) atoms. The zero-order valence-electron chi connectivity index (χ0n) is 13.2. The summed E-state index contributed by atoms with van der Waals surface area (Å²) in [5.41, 5.74) is 0. The van der Waals surface area contributed by atoms with Crippen molar-refractivity contribution in [1.29, 1.82) is 0 Å². The summed E-state index contributed by atoms with van der Waals surface area (Å²) in [6.07, 6.45) is 3.50. The van der Waals surface area contributed by atoms with E-state index in [1.807, 2.05) is 19.0 Å². The third-order valence-corrected chi connectivity index (χ3v) is 4.39. The van der Waals surface area contributed by atoms with Crippen molar-refractivity contribution < 1.29 is 13.5 Å². The van der Waals surface area contributed by atoms with Crippen LogP contribution >= 0.6 is 0 Å². The molecule has 0 spiro atoms. The van der Waals surface area contributed by atoms with Crippen molar-refractivity contribution >= 4 is 10.0 Å². The first-order chi connectivity index (χ1) is 9.74. The van der Waals surface area contributed by atoms with Crippen LogP contribution in [0.4, 0.5) is 0 Å². The number of rotatable bonds is 9. The minimum Gasteiger partial charge on any atom is -0.394 e. The van der Waals surface area contributed by atoms with Crippen molar-refractivity contribution in [3.63, 3.8) is 0 Å². The summed E-state index contributed by atoms with van der Waals surface area (Å²) in [7, 11) is 0.245. The Morgan fingerprint density at radius 2 is 2.10 bits per heavy atom. The molecule has 0 aliphatic heterocycles. The van der Waals surface area contributed by atoms with E-state index in [1.165, 1.54) is 17.1 Å². The normalized spacial score (nSPS) is 14.0. The second-order valence-electron chi connectivity index (χ2n) is 5.87. The van der Waals surface area contributed by atoms with Gasteiger partial charge in [-0.3, -0.25) is 4.68 Å². The highest BCUT2D eigenvalue weighted by molar-refractivity contribution is 7.89. The SMILES string of the molecule is CC(C)CC(CN(C)C)NS(=O)(=O)c1cnn(CCO)c1. The van der Waals surface area contributed by atoms with E-state index >= 15 is 0 Å². The lowest BCUT2D eigenvalue weighted by atomic mass is 10.0. The highest BCUT2D eigenvalue weighted by atomic mass is 32.2. The number of aliphatic hydroxyl groups is 1. The van der Waals surface area contributed by atoms with Crippen LogP contribution in [0.25, 0.3) is 0 Å². The lowest BCUT2D eigenvalue weighted by molar-refractivity contribution is 0.269. The van der Waals surface area contributed by atoms with Gasteiger partial charge in [0, 0.05) is 18.8 Å². The lowest BCUT2D eigenvalue weighted by Gasteiger charge is -2.23. The van der Waals surface area contributed by atoms with E-state index in [2.05, 4.69) is 23.7 Å². The maximum absolute atomic E-state index is 12.4. The van der Waals surface area contributed by atoms with Crippen molar-refractivity contribution in [1.82, 2.24) is 19.4 Å². The van der Waals surface area contributed by atoms with E-state index in [4.69, 9.17) is 5.11 Å². The molecule has 122 valence electrons. The van der Waals surface area contributed by atoms with Crippen LogP contribution in [0.5, 0.6) is 0 Å². The quantitative estimate of drug-likeness (QED) is 0.676. The highest BCUT2D eigenvalue weighted by Crippen LogP contribution is 2.12. The summed E-state index contributed by atoms with van der Waals surface area (Å²) in [6.45, 7) is 4.97. The Morgan fingerprint density at radius 3 is 2.62 bits per heavy atom. The molecule has 0 aliphatic rings. The predicted molar refractivity (Wildman–Crippen MR) is 81.4 cm³/mol. The van der Waals surface area contributed by atoms with Gasteiger partial charge in [0.1, 0.15) is 4.90 Å². The molecule has 1 aromatic rings. The van der Waals surface area contributed by atoms with Crippen LogP contribution < -0.4 is 4.72 Å². The van der Waals surface area contributed by atoms with Gasteiger partial charge in [-0.25, -0.2) is 13.1 Å². The molecule has 1 rings (SSSR count). The first kappa shape index (κ1) is 18.1. The molecule has 1 unspecified atom stereocenters. The minimum absolute atomic E-state index is 0.0782. The number of hydrogen-bond donors (Lipinski definition) is 2. The second kappa shape index (κ2) is 7.88. The van der Waals surface area contributed by atoms with Crippen LogP contribution in [0.1, 0.15) is 20.3 Å². The summed E-state index contributed by atoms with van der Waals surface area (Å²) in [5, 5.41) is 12.8. The number of nitrogens with zero attached hydrogens (tertiary/aromatic N) is 3. The Hall–Kier alpha value is -0.960. The Balaban J connectivity index is 2.83. The first-order valence-electron chi connectivity index (χ1n) is 7.05. The fraction of sp³-hybridized carbons (Fsp3) is 0.769. The van der Waals surface area contributed by atoms with Gasteiger partial charge in [-0.2, -0.15) is 5.10 Å². The van der Waals surface area contributed by atoms with E-state index < -0.39 is 10.0 Å². The van der Waals surface area contributed by atoms with E-state index in [-0.39, 0.29) is 24.1 Å². The zero-order chi connectivity index (χ0) is 16.0. The zero-order valence-corrected chi connectivity index (χ0v) is 14.0. The molecule has 0 fully saturated rings. The number of aromatic nitrogens is 2. The first-order valence-corrected chi connectivity index (χ1v) is 8.53. The van der Waals surface area contributed by atoms with E-state index in [0.29, 0.717) is 12.5 Å². The molecule has 2 N–H and O–H groups in total. The van der Waals surface area contributed by atoms with Gasteiger partial charge in [0.15, 0.2) is 0 Å². The number of aliphatic hydroxyl groups excluding tert-OH is 1. The van der Waals surface area contributed by atoms with E-state index in [1.54, 1.807) is 0 Å². The largest absolute Gasteiger partial charge is 0.394 e. The standard InChI is InChI=1S/C13H26N4O3S/c1-11(2)7-12(9-16(3)4)15-21(19,20)13-8-14-17(10-13)5-6-18/h8,10-12,15,18H,5-7,9H2,1-4H3. The molecule has 0 saturated carbocycles. The monoisotopic (exact) mass is 318 g/mol. The van der Waals surface area contributed by atoms with E-state index in [9.17, 15) is 8.42 Å². The minimum atomic E-state index is -3.59. The summed E-state index contributed by atoms with van der Waals surface area (Å²) in [6, 6.07) is -0.147. The molecule has 0 saturated heterocycles. The maximum atomic E-state index is 12.4. The van der Waals surface area contributed by atoms with Crippen LogP contribution in [0, 0.1) is 5.92 Å². The molecule has 0 bridgehead atoms. The third-order valence-electron chi connectivity index (χ3n) is 2.91. The molecular weight excluding hydrogens is 292 g/mol. The average Bonchev–Trinajstić information content (AvgIpc) is 2.76. The Morgan fingerprint density at radius 1 is 1.43 bits per heavy atom. The molecule has 0 aliphatic carbocycles. The molecule has 0 radical (unpaired) electrons. The van der Waals surface area contributed by atoms with Gasteiger partial charge in [-0.05, 0) is 26.4 Å². The highest BCUT2D eigenvalue weighted by Gasteiger charge is 2.22. The van der Waals surface area contributed by atoms with Crippen molar-refractivity contribution in [2.24, 2.45) is 5.92 Å². The van der Waals surface area contributed by atoms with Crippen molar-refractivity contribution in [3.05, 3.63) is 12.4 Å². The molecular formula is C13H26N4O3S. The number of likely N-dealkylation sites (N-methyl/N-ethyl adjacent to an activating group) is 1. The maximum Gasteiger partial charge on any atom is 0.243 e. The molecule has 0 amide bonds. The predicted octanol–water partition coefficient (Wildman–Crippen LogP) is 0.130. The third kappa shape index (κ3) is 6.13. The van der Waals surface area contributed by atoms with Gasteiger partial charge in [-0.15, -0.1) is 0 Å². The van der Waals surface area contributed by atoms with Crippen molar-refractivity contribution in [3.8, 4) is 0 Å². The van der Waals surface area contributed by atoms with Crippen molar-refractivity contribution in [2.75, 3.05) is 27.2 Å². The summed E-state index contributed by atoms with van der Waals surface area (Å²) >= 11 is 0. The molecule has 1 heterocycles. The van der Waals surface area contributed by atoms with Gasteiger partial charge < -0.3 is 10.0 Å². The fourth-order valence-corrected chi connectivity index (χ4v) is 3.36. The molecule has 7 nitrogen and oxygen atoms in total. The molecule has 8 heteroatoms. The van der Waals surface area contributed by atoms with Crippen LogP contribution in [-0.2, 0) is 16.6 Å². The lowest BCUT2D eigenvalue weighted by Crippen LogP contribution is -2.42. The van der Waals surface area contributed by atoms with E-state index in [0.717, 1.165) is 6.42 Å².